The van der Waals surface area contributed by atoms with Crippen LogP contribution in [0.4, 0.5) is 0 Å². The maximum absolute atomic E-state index is 5.85. The second-order valence-corrected chi connectivity index (χ2v) is 6.13. The molecule has 3 aromatic rings. The Hall–Kier alpha value is -3.47. The van der Waals surface area contributed by atoms with Crippen molar-refractivity contribution in [2.75, 3.05) is 14.2 Å². The molecule has 144 valence electrons. The monoisotopic (exact) mass is 376 g/mol. The van der Waals surface area contributed by atoms with Crippen LogP contribution >= 0.6 is 0 Å². The van der Waals surface area contributed by atoms with Crippen LogP contribution in [0.5, 0.6) is 17.2 Å². The maximum atomic E-state index is 5.85. The minimum Gasteiger partial charge on any atom is -0.493 e. The van der Waals surface area contributed by atoms with Crippen LogP contribution in [0.15, 0.2) is 77.9 Å². The first-order valence-electron chi connectivity index (χ1n) is 9.02. The van der Waals surface area contributed by atoms with Crippen molar-refractivity contribution >= 4 is 6.21 Å². The molecule has 0 bridgehead atoms. The Balaban J connectivity index is 1.53. The lowest BCUT2D eigenvalue weighted by Crippen LogP contribution is -2.06. The van der Waals surface area contributed by atoms with Gasteiger partial charge in [0.2, 0.25) is 0 Å². The van der Waals surface area contributed by atoms with E-state index >= 15 is 0 Å². The molecule has 0 amide bonds. The molecule has 3 rings (SSSR count). The summed E-state index contributed by atoms with van der Waals surface area (Å²) in [6.45, 7) is 1.13. The van der Waals surface area contributed by atoms with Crippen molar-refractivity contribution in [3.05, 3.63) is 89.5 Å². The van der Waals surface area contributed by atoms with Crippen molar-refractivity contribution in [1.29, 1.82) is 0 Å². The molecule has 28 heavy (non-hydrogen) atoms. The molecule has 0 atom stereocenters. The number of hydrogen-bond donors (Lipinski definition) is 1. The molecule has 0 unspecified atom stereocenters. The van der Waals surface area contributed by atoms with E-state index in [1.165, 1.54) is 0 Å². The van der Waals surface area contributed by atoms with Crippen LogP contribution < -0.4 is 19.6 Å². The molecule has 0 spiro atoms. The zero-order chi connectivity index (χ0) is 19.6. The van der Waals surface area contributed by atoms with Crippen LogP contribution in [0.2, 0.25) is 0 Å². The van der Waals surface area contributed by atoms with Gasteiger partial charge in [0.1, 0.15) is 12.4 Å². The minimum atomic E-state index is 0.541. The molecule has 0 heterocycles. The van der Waals surface area contributed by atoms with Crippen LogP contribution in [0.1, 0.15) is 16.7 Å². The number of hydrogen-bond acceptors (Lipinski definition) is 5. The highest BCUT2D eigenvalue weighted by molar-refractivity contribution is 5.79. The summed E-state index contributed by atoms with van der Waals surface area (Å²) in [5, 5.41) is 4.29. The zero-order valence-electron chi connectivity index (χ0n) is 16.1. The number of hydrazone groups is 1. The van der Waals surface area contributed by atoms with E-state index in [9.17, 15) is 0 Å². The minimum absolute atomic E-state index is 0.541. The lowest BCUT2D eigenvalue weighted by molar-refractivity contribution is 0.306. The average molecular weight is 376 g/mol. The molecule has 0 radical (unpaired) electrons. The third-order valence-electron chi connectivity index (χ3n) is 4.14. The van der Waals surface area contributed by atoms with Gasteiger partial charge in [-0.15, -0.1) is 0 Å². The largest absolute Gasteiger partial charge is 0.493 e. The summed E-state index contributed by atoms with van der Waals surface area (Å²) in [6, 6.07) is 23.7. The van der Waals surface area contributed by atoms with E-state index in [4.69, 9.17) is 14.2 Å². The highest BCUT2D eigenvalue weighted by atomic mass is 16.5. The first kappa shape index (κ1) is 19.3. The van der Waals surface area contributed by atoms with Gasteiger partial charge in [0.15, 0.2) is 11.5 Å². The third-order valence-corrected chi connectivity index (χ3v) is 4.14. The van der Waals surface area contributed by atoms with E-state index in [0.717, 1.165) is 22.4 Å². The molecule has 0 saturated carbocycles. The topological polar surface area (TPSA) is 52.1 Å². The summed E-state index contributed by atoms with van der Waals surface area (Å²) in [7, 11) is 3.25. The molecule has 0 aliphatic heterocycles. The van der Waals surface area contributed by atoms with Gasteiger partial charge in [0, 0.05) is 0 Å². The molecular weight excluding hydrogens is 352 g/mol. The van der Waals surface area contributed by atoms with Crippen molar-refractivity contribution in [3.63, 3.8) is 0 Å². The number of methoxy groups -OCH3 is 2. The molecule has 0 fully saturated rings. The van der Waals surface area contributed by atoms with Gasteiger partial charge < -0.3 is 19.6 Å². The van der Waals surface area contributed by atoms with Crippen molar-refractivity contribution < 1.29 is 14.2 Å². The highest BCUT2D eigenvalue weighted by Gasteiger charge is 2.03. The van der Waals surface area contributed by atoms with Gasteiger partial charge in [-0.05, 0) is 41.0 Å². The van der Waals surface area contributed by atoms with Gasteiger partial charge in [0.05, 0.1) is 27.0 Å². The maximum Gasteiger partial charge on any atom is 0.161 e. The number of ether oxygens (including phenoxy) is 3. The Morgan fingerprint density at radius 3 is 2.43 bits per heavy atom. The quantitative estimate of drug-likeness (QED) is 0.444. The number of nitrogens with one attached hydrogen (secondary N) is 1. The Morgan fingerprint density at radius 2 is 1.64 bits per heavy atom. The molecule has 5 nitrogen and oxygen atoms in total. The normalized spacial score (nSPS) is 10.6. The predicted octanol–water partition coefficient (Wildman–Crippen LogP) is 4.41. The SMILES string of the molecule is COc1ccc(CN/N=C\c2cccc(OCc3ccccc3)c2)cc1OC. The molecule has 5 heteroatoms. The molecule has 0 aliphatic rings. The number of benzene rings is 3. The van der Waals surface area contributed by atoms with E-state index in [0.29, 0.717) is 24.7 Å². The second kappa shape index (κ2) is 10.0. The smallest absolute Gasteiger partial charge is 0.161 e. The fourth-order valence-electron chi connectivity index (χ4n) is 2.67. The molecular formula is C23H24N2O3. The lowest BCUT2D eigenvalue weighted by atomic mass is 10.2. The number of nitrogens with zero attached hydrogens (tertiary/aromatic N) is 1. The first-order valence-corrected chi connectivity index (χ1v) is 9.02. The van der Waals surface area contributed by atoms with Crippen molar-refractivity contribution in [1.82, 2.24) is 5.43 Å². The van der Waals surface area contributed by atoms with Gasteiger partial charge >= 0.3 is 0 Å². The molecule has 0 aromatic heterocycles. The molecule has 3 aromatic carbocycles. The summed E-state index contributed by atoms with van der Waals surface area (Å²) >= 11 is 0. The Labute approximate surface area is 165 Å². The van der Waals surface area contributed by atoms with Crippen LogP contribution in [-0.4, -0.2) is 20.4 Å². The molecule has 0 saturated heterocycles. The predicted molar refractivity (Wildman–Crippen MR) is 111 cm³/mol. The van der Waals surface area contributed by atoms with Crippen LogP contribution in [-0.2, 0) is 13.2 Å². The number of rotatable bonds is 9. The molecule has 1 N–H and O–H groups in total. The van der Waals surface area contributed by atoms with Crippen molar-refractivity contribution in [2.45, 2.75) is 13.2 Å². The van der Waals surface area contributed by atoms with E-state index in [-0.39, 0.29) is 0 Å². The van der Waals surface area contributed by atoms with E-state index in [1.807, 2.05) is 72.8 Å². The highest BCUT2D eigenvalue weighted by Crippen LogP contribution is 2.27. The molecule has 0 aliphatic carbocycles. The summed E-state index contributed by atoms with van der Waals surface area (Å²) in [5.74, 6) is 2.23. The van der Waals surface area contributed by atoms with Gasteiger partial charge in [-0.3, -0.25) is 0 Å². The fourth-order valence-corrected chi connectivity index (χ4v) is 2.67. The summed E-state index contributed by atoms with van der Waals surface area (Å²) in [5.41, 5.74) is 6.20. The van der Waals surface area contributed by atoms with Gasteiger partial charge in [-0.2, -0.15) is 5.10 Å². The Morgan fingerprint density at radius 1 is 0.821 bits per heavy atom. The summed E-state index contributed by atoms with van der Waals surface area (Å²) < 4.78 is 16.4. The average Bonchev–Trinajstić information content (AvgIpc) is 2.76. The van der Waals surface area contributed by atoms with E-state index < -0.39 is 0 Å². The third kappa shape index (κ3) is 5.51. The Kier molecular flexibility index (Phi) is 6.90. The standard InChI is InChI=1S/C23H24N2O3/c1-26-22-12-11-20(14-23(22)27-2)16-25-24-15-19-9-6-10-21(13-19)28-17-18-7-4-3-5-8-18/h3-15,25H,16-17H2,1-2H3/b24-15-. The summed E-state index contributed by atoms with van der Waals surface area (Å²) in [4.78, 5) is 0. The van der Waals surface area contributed by atoms with Crippen molar-refractivity contribution in [3.8, 4) is 17.2 Å². The second-order valence-electron chi connectivity index (χ2n) is 6.13. The van der Waals surface area contributed by atoms with Gasteiger partial charge in [0.25, 0.3) is 0 Å². The van der Waals surface area contributed by atoms with E-state index in [2.05, 4.69) is 10.5 Å². The van der Waals surface area contributed by atoms with Crippen molar-refractivity contribution in [2.24, 2.45) is 5.10 Å². The Bertz CT molecular complexity index is 911. The summed E-state index contributed by atoms with van der Waals surface area (Å²) in [6.07, 6.45) is 1.77. The zero-order valence-corrected chi connectivity index (χ0v) is 16.1. The van der Waals surface area contributed by atoms with E-state index in [1.54, 1.807) is 20.4 Å². The van der Waals surface area contributed by atoms with Gasteiger partial charge in [-0.1, -0.05) is 48.5 Å². The van der Waals surface area contributed by atoms with Crippen LogP contribution in [0, 0.1) is 0 Å². The lowest BCUT2D eigenvalue weighted by Gasteiger charge is -2.09. The van der Waals surface area contributed by atoms with Gasteiger partial charge in [-0.25, -0.2) is 0 Å². The van der Waals surface area contributed by atoms with Crippen LogP contribution in [0.3, 0.4) is 0 Å². The first-order chi connectivity index (χ1) is 13.8. The van der Waals surface area contributed by atoms with Crippen LogP contribution in [0.25, 0.3) is 0 Å². The fraction of sp³-hybridized carbons (Fsp3) is 0.174.